The highest BCUT2D eigenvalue weighted by Gasteiger charge is 2.17. The summed E-state index contributed by atoms with van der Waals surface area (Å²) < 4.78 is 1.25. The quantitative estimate of drug-likeness (QED) is 0.511. The molecule has 1 aromatic heterocycles. The molecule has 3 aromatic rings. The minimum atomic E-state index is -0.984. The second-order valence-electron chi connectivity index (χ2n) is 6.63. The number of phenols is 2. The summed E-state index contributed by atoms with van der Waals surface area (Å²) in [7, 11) is 1.57. The third-order valence-corrected chi connectivity index (χ3v) is 4.44. The lowest BCUT2D eigenvalue weighted by molar-refractivity contribution is -0.137. The average Bonchev–Trinajstić information content (AvgIpc) is 2.71. The lowest BCUT2D eigenvalue weighted by Gasteiger charge is -2.12. The Hall–Kier alpha value is -4.01. The van der Waals surface area contributed by atoms with Crippen molar-refractivity contribution >= 4 is 11.7 Å². The van der Waals surface area contributed by atoms with Crippen molar-refractivity contribution in [3.8, 4) is 22.8 Å². The highest BCUT2D eigenvalue weighted by Crippen LogP contribution is 2.34. The molecular weight excluding hydrogens is 388 g/mol. The van der Waals surface area contributed by atoms with Crippen LogP contribution in [0.2, 0.25) is 0 Å². The Morgan fingerprint density at radius 1 is 1.10 bits per heavy atom. The van der Waals surface area contributed by atoms with Gasteiger partial charge in [0, 0.05) is 36.7 Å². The van der Waals surface area contributed by atoms with Gasteiger partial charge in [-0.2, -0.15) is 15.3 Å². The Morgan fingerprint density at radius 3 is 2.47 bits per heavy atom. The lowest BCUT2D eigenvalue weighted by Crippen LogP contribution is -2.18. The van der Waals surface area contributed by atoms with Crippen LogP contribution in [0.1, 0.15) is 24.4 Å². The van der Waals surface area contributed by atoms with Crippen molar-refractivity contribution in [3.05, 3.63) is 70.5 Å². The number of aliphatic carboxylic acids is 1. The van der Waals surface area contributed by atoms with Crippen molar-refractivity contribution in [2.45, 2.75) is 18.9 Å². The van der Waals surface area contributed by atoms with E-state index in [-0.39, 0.29) is 29.9 Å². The fourth-order valence-corrected chi connectivity index (χ4v) is 2.84. The van der Waals surface area contributed by atoms with Gasteiger partial charge in [-0.15, -0.1) is 0 Å². The minimum absolute atomic E-state index is 0.104. The molecule has 1 heterocycles. The second kappa shape index (κ2) is 8.99. The number of rotatable bonds is 7. The number of aromatic nitrogens is 2. The second-order valence-corrected chi connectivity index (χ2v) is 6.63. The van der Waals surface area contributed by atoms with Gasteiger partial charge in [-0.25, -0.2) is 4.68 Å². The smallest absolute Gasteiger partial charge is 0.303 e. The van der Waals surface area contributed by atoms with Gasteiger partial charge in [0.15, 0.2) is 0 Å². The van der Waals surface area contributed by atoms with Crippen LogP contribution in [-0.4, -0.2) is 31.1 Å². The maximum absolute atomic E-state index is 11.5. The molecule has 0 amide bonds. The van der Waals surface area contributed by atoms with Crippen LogP contribution in [0.15, 0.2) is 69.6 Å². The highest BCUT2D eigenvalue weighted by atomic mass is 16.4. The maximum atomic E-state index is 11.5. The monoisotopic (exact) mass is 408 g/mol. The van der Waals surface area contributed by atoms with Gasteiger partial charge in [0.05, 0.1) is 11.4 Å². The van der Waals surface area contributed by atoms with E-state index in [0.717, 1.165) is 5.56 Å². The van der Waals surface area contributed by atoms with Crippen molar-refractivity contribution in [3.63, 3.8) is 0 Å². The first kappa shape index (κ1) is 20.7. The number of phenolic OH excluding ortho intramolecular Hbond substituents is 2. The number of benzene rings is 2. The van der Waals surface area contributed by atoms with E-state index in [1.165, 1.54) is 28.9 Å². The molecule has 0 saturated carbocycles. The van der Waals surface area contributed by atoms with Gasteiger partial charge in [0.1, 0.15) is 17.5 Å². The highest BCUT2D eigenvalue weighted by molar-refractivity contribution is 5.66. The molecule has 0 radical (unpaired) electrons. The van der Waals surface area contributed by atoms with Crippen LogP contribution in [0.5, 0.6) is 11.5 Å². The lowest BCUT2D eigenvalue weighted by atomic mass is 10.0. The number of carboxylic acids is 1. The van der Waals surface area contributed by atoms with Crippen molar-refractivity contribution in [2.24, 2.45) is 17.3 Å². The Balaban J connectivity index is 1.83. The van der Waals surface area contributed by atoms with E-state index < -0.39 is 12.0 Å². The fourth-order valence-electron chi connectivity index (χ4n) is 2.84. The number of aryl methyl sites for hydroxylation is 1. The number of hydrogen-bond acceptors (Lipinski definition) is 7. The Labute approximate surface area is 171 Å². The molecule has 3 rings (SSSR count). The third-order valence-electron chi connectivity index (χ3n) is 4.44. The Morgan fingerprint density at radius 2 is 1.83 bits per heavy atom. The summed E-state index contributed by atoms with van der Waals surface area (Å²) in [6.07, 6.45) is -0.0153. The molecule has 1 unspecified atom stereocenters. The molecular formula is C21H20N4O5. The zero-order chi connectivity index (χ0) is 21.7. The fraction of sp³-hybridized carbons (Fsp3) is 0.190. The van der Waals surface area contributed by atoms with E-state index in [1.54, 1.807) is 37.4 Å². The number of aromatic hydroxyl groups is 2. The topological polar surface area (TPSA) is 137 Å². The summed E-state index contributed by atoms with van der Waals surface area (Å²) >= 11 is 0. The van der Waals surface area contributed by atoms with Crippen molar-refractivity contribution in [1.29, 1.82) is 0 Å². The van der Waals surface area contributed by atoms with Gasteiger partial charge in [0.25, 0.3) is 5.56 Å². The SMILES string of the molecule is Cn1nc(-c2ccc(N=NC(CCC(=O)O)c3ccc(O)cc3O)cc2)ccc1=O. The van der Waals surface area contributed by atoms with E-state index in [1.807, 2.05) is 0 Å². The predicted molar refractivity (Wildman–Crippen MR) is 109 cm³/mol. The third kappa shape index (κ3) is 5.07. The molecule has 0 aliphatic heterocycles. The van der Waals surface area contributed by atoms with E-state index in [0.29, 0.717) is 16.9 Å². The standard InChI is InChI=1S/C21H20N4O5/c1-25-20(28)10-8-17(24-25)13-2-4-14(5-3-13)22-23-18(9-11-21(29)30)16-7-6-15(26)12-19(16)27/h2-8,10,12,18,26-27H,9,11H2,1H3,(H,29,30). The summed E-state index contributed by atoms with van der Waals surface area (Å²) in [5, 5.41) is 41.1. The molecule has 154 valence electrons. The van der Waals surface area contributed by atoms with E-state index >= 15 is 0 Å². The van der Waals surface area contributed by atoms with Crippen LogP contribution >= 0.6 is 0 Å². The molecule has 0 aliphatic carbocycles. The van der Waals surface area contributed by atoms with Crippen LogP contribution in [-0.2, 0) is 11.8 Å². The van der Waals surface area contributed by atoms with Crippen molar-refractivity contribution in [1.82, 2.24) is 9.78 Å². The first-order valence-electron chi connectivity index (χ1n) is 9.13. The van der Waals surface area contributed by atoms with Crippen LogP contribution < -0.4 is 5.56 Å². The number of nitrogens with zero attached hydrogens (tertiary/aromatic N) is 4. The van der Waals surface area contributed by atoms with Gasteiger partial charge >= 0.3 is 5.97 Å². The van der Waals surface area contributed by atoms with Crippen LogP contribution in [0.25, 0.3) is 11.3 Å². The van der Waals surface area contributed by atoms with Gasteiger partial charge < -0.3 is 15.3 Å². The molecule has 0 fully saturated rings. The van der Waals surface area contributed by atoms with Gasteiger partial charge in [0.2, 0.25) is 0 Å². The normalized spacial score (nSPS) is 12.2. The van der Waals surface area contributed by atoms with Crippen LogP contribution in [0, 0.1) is 0 Å². The molecule has 9 heteroatoms. The van der Waals surface area contributed by atoms with E-state index in [9.17, 15) is 19.8 Å². The minimum Gasteiger partial charge on any atom is -0.508 e. The predicted octanol–water partition coefficient (Wildman–Crippen LogP) is 3.55. The zero-order valence-corrected chi connectivity index (χ0v) is 16.1. The summed E-state index contributed by atoms with van der Waals surface area (Å²) in [5.41, 5.74) is 2.14. The van der Waals surface area contributed by atoms with Gasteiger partial charge in [-0.3, -0.25) is 9.59 Å². The average molecular weight is 408 g/mol. The van der Waals surface area contributed by atoms with Gasteiger partial charge in [-0.05, 0) is 36.8 Å². The van der Waals surface area contributed by atoms with Crippen molar-refractivity contribution < 1.29 is 20.1 Å². The molecule has 3 N–H and O–H groups in total. The molecule has 0 aliphatic rings. The number of carboxylic acid groups (broad SMARTS) is 1. The molecule has 2 aromatic carbocycles. The first-order valence-corrected chi connectivity index (χ1v) is 9.13. The number of azo groups is 1. The number of carbonyl (C=O) groups is 1. The largest absolute Gasteiger partial charge is 0.508 e. The summed E-state index contributed by atoms with van der Waals surface area (Å²) in [4.78, 5) is 22.4. The van der Waals surface area contributed by atoms with E-state index in [2.05, 4.69) is 15.3 Å². The van der Waals surface area contributed by atoms with Crippen molar-refractivity contribution in [2.75, 3.05) is 0 Å². The maximum Gasteiger partial charge on any atom is 0.303 e. The summed E-state index contributed by atoms with van der Waals surface area (Å²) in [6.45, 7) is 0. The van der Waals surface area contributed by atoms with Crippen LogP contribution in [0.4, 0.5) is 5.69 Å². The summed E-state index contributed by atoms with van der Waals surface area (Å²) in [6, 6.07) is 13.4. The molecule has 30 heavy (non-hydrogen) atoms. The summed E-state index contributed by atoms with van der Waals surface area (Å²) in [5.74, 6) is -1.27. The number of hydrogen-bond donors (Lipinski definition) is 3. The molecule has 0 spiro atoms. The molecule has 0 bridgehead atoms. The van der Waals surface area contributed by atoms with Gasteiger partial charge in [-0.1, -0.05) is 12.1 Å². The molecule has 9 nitrogen and oxygen atoms in total. The van der Waals surface area contributed by atoms with E-state index in [4.69, 9.17) is 5.11 Å². The Kier molecular flexibility index (Phi) is 6.21. The first-order chi connectivity index (χ1) is 14.3. The molecule has 1 atom stereocenters. The van der Waals surface area contributed by atoms with Crippen LogP contribution in [0.3, 0.4) is 0 Å². The molecule has 0 saturated heterocycles. The zero-order valence-electron chi connectivity index (χ0n) is 16.1. The Bertz CT molecular complexity index is 1140.